The van der Waals surface area contributed by atoms with Crippen molar-refractivity contribution in [3.05, 3.63) is 9.98 Å². The van der Waals surface area contributed by atoms with Crippen LogP contribution < -0.4 is 5.32 Å². The van der Waals surface area contributed by atoms with Crippen LogP contribution in [0.5, 0.6) is 0 Å². The Balaban J connectivity index is 2.52. The number of carboxylic acid groups (broad SMARTS) is 1. The van der Waals surface area contributed by atoms with Gasteiger partial charge in [0.25, 0.3) is 0 Å². The topological polar surface area (TPSA) is 62.2 Å². The molecule has 0 saturated carbocycles. The van der Waals surface area contributed by atoms with Crippen LogP contribution >= 0.6 is 27.3 Å². The number of nitrogens with one attached hydrogen (secondary N) is 1. The lowest BCUT2D eigenvalue weighted by Crippen LogP contribution is -2.31. The predicted octanol–water partition coefficient (Wildman–Crippen LogP) is 2.43. The van der Waals surface area contributed by atoms with E-state index in [-0.39, 0.29) is 0 Å². The van der Waals surface area contributed by atoms with Gasteiger partial charge in [-0.3, -0.25) is 4.79 Å². The first-order chi connectivity index (χ1) is 6.42. The second-order valence-electron chi connectivity index (χ2n) is 3.52. The van der Waals surface area contributed by atoms with Gasteiger partial charge in [0.1, 0.15) is 4.60 Å². The molecule has 0 saturated heterocycles. The minimum Gasteiger partial charge on any atom is -0.481 e. The molecule has 2 N–H and O–H groups in total. The maximum atomic E-state index is 10.8. The molecule has 0 spiro atoms. The number of rotatable bonds is 4. The number of nitrogens with zero attached hydrogens (tertiary/aromatic N) is 1. The summed E-state index contributed by atoms with van der Waals surface area (Å²) in [5.74, 6) is -0.819. The van der Waals surface area contributed by atoms with Crippen LogP contribution in [0, 0.1) is 5.41 Å². The number of thiazole rings is 1. The van der Waals surface area contributed by atoms with Crippen molar-refractivity contribution in [2.75, 3.05) is 11.9 Å². The average Bonchev–Trinajstić information content (AvgIpc) is 2.48. The first-order valence-electron chi connectivity index (χ1n) is 4.00. The molecule has 1 aromatic rings. The van der Waals surface area contributed by atoms with E-state index in [1.807, 2.05) is 5.38 Å². The highest BCUT2D eigenvalue weighted by Crippen LogP contribution is 2.22. The van der Waals surface area contributed by atoms with E-state index in [2.05, 4.69) is 26.2 Å². The van der Waals surface area contributed by atoms with Crippen molar-refractivity contribution in [1.29, 1.82) is 0 Å². The maximum Gasteiger partial charge on any atom is 0.310 e. The smallest absolute Gasteiger partial charge is 0.310 e. The van der Waals surface area contributed by atoms with Crippen LogP contribution in [0.4, 0.5) is 5.13 Å². The molecule has 0 atom stereocenters. The SMILES string of the molecule is CC(C)(CNc1nc(Br)cs1)C(=O)O. The third kappa shape index (κ3) is 2.95. The molecule has 78 valence electrons. The van der Waals surface area contributed by atoms with Crippen molar-refractivity contribution >= 4 is 38.4 Å². The van der Waals surface area contributed by atoms with Gasteiger partial charge in [-0.25, -0.2) is 4.98 Å². The summed E-state index contributed by atoms with van der Waals surface area (Å²) >= 11 is 4.66. The highest BCUT2D eigenvalue weighted by atomic mass is 79.9. The van der Waals surface area contributed by atoms with Gasteiger partial charge in [0.2, 0.25) is 0 Å². The summed E-state index contributed by atoms with van der Waals surface area (Å²) in [7, 11) is 0. The van der Waals surface area contributed by atoms with E-state index in [9.17, 15) is 4.79 Å². The van der Waals surface area contributed by atoms with E-state index in [1.165, 1.54) is 11.3 Å². The Labute approximate surface area is 94.5 Å². The first kappa shape index (κ1) is 11.5. The normalized spacial score (nSPS) is 11.4. The Kier molecular flexibility index (Phi) is 3.49. The number of carbonyl (C=O) groups is 1. The van der Waals surface area contributed by atoms with Crippen molar-refractivity contribution in [3.8, 4) is 0 Å². The number of hydrogen-bond acceptors (Lipinski definition) is 4. The van der Waals surface area contributed by atoms with Gasteiger partial charge in [0.15, 0.2) is 5.13 Å². The Morgan fingerprint density at radius 2 is 2.43 bits per heavy atom. The monoisotopic (exact) mass is 278 g/mol. The van der Waals surface area contributed by atoms with Gasteiger partial charge in [-0.2, -0.15) is 0 Å². The fourth-order valence-electron chi connectivity index (χ4n) is 0.708. The zero-order valence-electron chi connectivity index (χ0n) is 7.87. The molecule has 0 unspecified atom stereocenters. The predicted molar refractivity (Wildman–Crippen MR) is 59.7 cm³/mol. The summed E-state index contributed by atoms with van der Waals surface area (Å²) < 4.78 is 0.762. The lowest BCUT2D eigenvalue weighted by Gasteiger charge is -2.18. The highest BCUT2D eigenvalue weighted by molar-refractivity contribution is 9.10. The molecule has 1 heterocycles. The zero-order valence-corrected chi connectivity index (χ0v) is 10.3. The summed E-state index contributed by atoms with van der Waals surface area (Å²) in [6.45, 7) is 3.71. The summed E-state index contributed by atoms with van der Waals surface area (Å²) in [5, 5.41) is 14.4. The van der Waals surface area contributed by atoms with Crippen LogP contribution in [0.2, 0.25) is 0 Å². The van der Waals surface area contributed by atoms with Gasteiger partial charge in [-0.1, -0.05) is 0 Å². The fraction of sp³-hybridized carbons (Fsp3) is 0.500. The Hall–Kier alpha value is -0.620. The zero-order chi connectivity index (χ0) is 10.8. The molecule has 0 aromatic carbocycles. The van der Waals surface area contributed by atoms with Crippen LogP contribution in [0.3, 0.4) is 0 Å². The van der Waals surface area contributed by atoms with E-state index in [1.54, 1.807) is 13.8 Å². The molecule has 1 rings (SSSR count). The molecule has 0 radical (unpaired) electrons. The molecule has 4 nitrogen and oxygen atoms in total. The minimum atomic E-state index is -0.819. The van der Waals surface area contributed by atoms with Gasteiger partial charge < -0.3 is 10.4 Å². The molecular weight excluding hydrogens is 268 g/mol. The fourth-order valence-corrected chi connectivity index (χ4v) is 1.85. The molecule has 0 bridgehead atoms. The average molecular weight is 279 g/mol. The number of anilines is 1. The second kappa shape index (κ2) is 4.27. The molecule has 0 aliphatic heterocycles. The third-order valence-corrected chi connectivity index (χ3v) is 3.25. The van der Waals surface area contributed by atoms with E-state index >= 15 is 0 Å². The Morgan fingerprint density at radius 3 is 2.86 bits per heavy atom. The highest BCUT2D eigenvalue weighted by Gasteiger charge is 2.26. The van der Waals surface area contributed by atoms with Gasteiger partial charge in [0, 0.05) is 11.9 Å². The number of hydrogen-bond donors (Lipinski definition) is 2. The number of aromatic nitrogens is 1. The van der Waals surface area contributed by atoms with Gasteiger partial charge in [-0.05, 0) is 29.8 Å². The molecule has 0 aliphatic carbocycles. The molecule has 1 aromatic heterocycles. The summed E-state index contributed by atoms with van der Waals surface area (Å²) in [4.78, 5) is 14.9. The molecule has 6 heteroatoms. The Bertz CT molecular complexity index is 338. The number of carboxylic acids is 1. The van der Waals surface area contributed by atoms with E-state index in [0.717, 1.165) is 9.73 Å². The van der Waals surface area contributed by atoms with E-state index in [0.29, 0.717) is 6.54 Å². The number of halogens is 1. The maximum absolute atomic E-state index is 10.8. The van der Waals surface area contributed by atoms with Gasteiger partial charge >= 0.3 is 5.97 Å². The van der Waals surface area contributed by atoms with Crippen molar-refractivity contribution in [1.82, 2.24) is 4.98 Å². The van der Waals surface area contributed by atoms with Gasteiger partial charge in [0.05, 0.1) is 5.41 Å². The third-order valence-electron chi connectivity index (χ3n) is 1.74. The molecule has 0 aliphatic rings. The second-order valence-corrected chi connectivity index (χ2v) is 5.19. The standard InChI is InChI=1S/C8H11BrN2O2S/c1-8(2,6(12)13)4-10-7-11-5(9)3-14-7/h3H,4H2,1-2H3,(H,10,11)(H,12,13). The quantitative estimate of drug-likeness (QED) is 0.888. The molecule has 0 fully saturated rings. The first-order valence-corrected chi connectivity index (χ1v) is 5.67. The summed E-state index contributed by atoms with van der Waals surface area (Å²) in [6, 6.07) is 0. The molecular formula is C8H11BrN2O2S. The van der Waals surface area contributed by atoms with E-state index in [4.69, 9.17) is 5.11 Å². The minimum absolute atomic E-state index is 0.363. The van der Waals surface area contributed by atoms with Crippen molar-refractivity contribution in [2.45, 2.75) is 13.8 Å². The summed E-state index contributed by atoms with van der Waals surface area (Å²) in [5.41, 5.74) is -0.780. The van der Waals surface area contributed by atoms with Crippen LogP contribution in [0.1, 0.15) is 13.8 Å². The number of aliphatic carboxylic acids is 1. The van der Waals surface area contributed by atoms with Crippen LogP contribution in [-0.4, -0.2) is 22.6 Å². The van der Waals surface area contributed by atoms with Crippen molar-refractivity contribution < 1.29 is 9.90 Å². The summed E-state index contributed by atoms with van der Waals surface area (Å²) in [6.07, 6.45) is 0. The van der Waals surface area contributed by atoms with Crippen LogP contribution in [-0.2, 0) is 4.79 Å². The van der Waals surface area contributed by atoms with Crippen molar-refractivity contribution in [3.63, 3.8) is 0 Å². The van der Waals surface area contributed by atoms with Crippen LogP contribution in [0.15, 0.2) is 9.98 Å². The van der Waals surface area contributed by atoms with Crippen LogP contribution in [0.25, 0.3) is 0 Å². The van der Waals surface area contributed by atoms with Gasteiger partial charge in [-0.15, -0.1) is 11.3 Å². The molecule has 0 amide bonds. The lowest BCUT2D eigenvalue weighted by atomic mass is 9.94. The Morgan fingerprint density at radius 1 is 1.79 bits per heavy atom. The largest absolute Gasteiger partial charge is 0.481 e. The molecule has 14 heavy (non-hydrogen) atoms. The van der Waals surface area contributed by atoms with E-state index < -0.39 is 11.4 Å². The van der Waals surface area contributed by atoms with Crippen molar-refractivity contribution in [2.24, 2.45) is 5.41 Å². The lowest BCUT2D eigenvalue weighted by molar-refractivity contribution is -0.146.